The van der Waals surface area contributed by atoms with Gasteiger partial charge in [-0.3, -0.25) is 4.79 Å². The molecule has 6 heteroatoms. The maximum absolute atomic E-state index is 12.1. The van der Waals surface area contributed by atoms with Crippen molar-refractivity contribution in [3.63, 3.8) is 0 Å². The minimum atomic E-state index is -0.00421. The molecule has 0 spiro atoms. The fourth-order valence-electron chi connectivity index (χ4n) is 2.19. The van der Waals surface area contributed by atoms with Crippen molar-refractivity contribution in [2.45, 2.75) is 37.9 Å². The number of nitrogens with zero attached hydrogens (tertiary/aromatic N) is 3. The molecule has 0 saturated heterocycles. The Labute approximate surface area is 135 Å². The van der Waals surface area contributed by atoms with E-state index < -0.39 is 0 Å². The maximum atomic E-state index is 12.1. The molecule has 2 rings (SSSR count). The van der Waals surface area contributed by atoms with Crippen LogP contribution >= 0.6 is 11.8 Å². The number of hydrogen-bond donors (Lipinski definition) is 1. The quantitative estimate of drug-likeness (QED) is 0.832. The molecule has 1 atom stereocenters. The molecule has 2 aromatic rings. The molecule has 0 bridgehead atoms. The first-order valence-electron chi connectivity index (χ1n) is 7.35. The Morgan fingerprint density at radius 1 is 1.23 bits per heavy atom. The first-order valence-corrected chi connectivity index (χ1v) is 8.34. The van der Waals surface area contributed by atoms with Crippen LogP contribution in [0.2, 0.25) is 0 Å². The van der Waals surface area contributed by atoms with E-state index in [1.165, 1.54) is 11.8 Å². The molecule has 1 aromatic heterocycles. The molecule has 0 saturated carbocycles. The van der Waals surface area contributed by atoms with E-state index in [2.05, 4.69) is 29.4 Å². The van der Waals surface area contributed by atoms with Crippen molar-refractivity contribution < 1.29 is 4.79 Å². The first-order chi connectivity index (χ1) is 10.5. The van der Waals surface area contributed by atoms with E-state index in [0.717, 1.165) is 16.5 Å². The molecule has 0 aliphatic heterocycles. The third kappa shape index (κ3) is 4.10. The number of rotatable bonds is 6. The number of nitrogens with one attached hydrogen (secondary N) is 1. The van der Waals surface area contributed by atoms with Crippen LogP contribution in [0.4, 0.5) is 0 Å². The largest absolute Gasteiger partial charge is 0.349 e. The van der Waals surface area contributed by atoms with Crippen molar-refractivity contribution in [3.8, 4) is 0 Å². The smallest absolute Gasteiger partial charge is 0.230 e. The zero-order chi connectivity index (χ0) is 16.1. The van der Waals surface area contributed by atoms with Gasteiger partial charge in [-0.15, -0.1) is 10.2 Å². The van der Waals surface area contributed by atoms with E-state index in [1.54, 1.807) is 0 Å². The van der Waals surface area contributed by atoms with Gasteiger partial charge in [0.2, 0.25) is 5.91 Å². The number of hydrogen-bond acceptors (Lipinski definition) is 4. The molecular formula is C16H22N4OS. The van der Waals surface area contributed by atoms with Crippen LogP contribution < -0.4 is 5.32 Å². The Hall–Kier alpha value is -1.82. The standard InChI is InChI=1S/C16H22N4OS/c1-11(2)15-18-19-16(20(15)4)22-10-14(21)17-12(3)13-8-6-5-7-9-13/h5-9,11-12H,10H2,1-4H3,(H,17,21). The third-order valence-electron chi connectivity index (χ3n) is 3.39. The average molecular weight is 318 g/mol. The van der Waals surface area contributed by atoms with Gasteiger partial charge in [-0.05, 0) is 12.5 Å². The lowest BCUT2D eigenvalue weighted by Crippen LogP contribution is -2.28. The predicted octanol–water partition coefficient (Wildman–Crippen LogP) is 2.91. The summed E-state index contributed by atoms with van der Waals surface area (Å²) in [4.78, 5) is 12.1. The lowest BCUT2D eigenvalue weighted by molar-refractivity contribution is -0.119. The lowest BCUT2D eigenvalue weighted by atomic mass is 10.1. The number of aromatic nitrogens is 3. The van der Waals surface area contributed by atoms with Crippen LogP contribution in [0.3, 0.4) is 0 Å². The molecule has 1 unspecified atom stereocenters. The van der Waals surface area contributed by atoms with E-state index in [9.17, 15) is 4.79 Å². The Balaban J connectivity index is 1.88. The van der Waals surface area contributed by atoms with Crippen molar-refractivity contribution in [3.05, 3.63) is 41.7 Å². The molecule has 1 heterocycles. The summed E-state index contributed by atoms with van der Waals surface area (Å²) in [5.41, 5.74) is 1.10. The highest BCUT2D eigenvalue weighted by Gasteiger charge is 2.14. The Morgan fingerprint density at radius 2 is 1.91 bits per heavy atom. The monoisotopic (exact) mass is 318 g/mol. The summed E-state index contributed by atoms with van der Waals surface area (Å²) in [7, 11) is 1.93. The number of benzene rings is 1. The van der Waals surface area contributed by atoms with Crippen molar-refractivity contribution in [2.24, 2.45) is 7.05 Å². The third-order valence-corrected chi connectivity index (χ3v) is 4.41. The summed E-state index contributed by atoms with van der Waals surface area (Å²) in [5.74, 6) is 1.58. The molecule has 0 fully saturated rings. The van der Waals surface area contributed by atoms with Crippen LogP contribution in [0.5, 0.6) is 0 Å². The van der Waals surface area contributed by atoms with Crippen molar-refractivity contribution in [2.75, 3.05) is 5.75 Å². The summed E-state index contributed by atoms with van der Waals surface area (Å²) < 4.78 is 1.95. The lowest BCUT2D eigenvalue weighted by Gasteiger charge is -2.14. The van der Waals surface area contributed by atoms with Crippen LogP contribution in [-0.4, -0.2) is 26.4 Å². The number of carbonyl (C=O) groups is 1. The SMILES string of the molecule is CC(C)c1nnc(SCC(=O)NC(C)c2ccccc2)n1C. The minimum absolute atomic E-state index is 0.0000198. The van der Waals surface area contributed by atoms with E-state index in [1.807, 2.05) is 48.9 Å². The van der Waals surface area contributed by atoms with Crippen LogP contribution in [-0.2, 0) is 11.8 Å². The highest BCUT2D eigenvalue weighted by molar-refractivity contribution is 7.99. The molecule has 0 aliphatic rings. The molecular weight excluding hydrogens is 296 g/mol. The Bertz CT molecular complexity index is 624. The molecule has 5 nitrogen and oxygen atoms in total. The Kier molecular flexibility index (Phi) is 5.60. The number of amides is 1. The molecule has 1 amide bonds. The highest BCUT2D eigenvalue weighted by Crippen LogP contribution is 2.20. The minimum Gasteiger partial charge on any atom is -0.349 e. The first kappa shape index (κ1) is 16.5. The zero-order valence-corrected chi connectivity index (χ0v) is 14.2. The van der Waals surface area contributed by atoms with Crippen LogP contribution in [0.25, 0.3) is 0 Å². The molecule has 1 N–H and O–H groups in total. The fourth-order valence-corrected chi connectivity index (χ4v) is 2.92. The van der Waals surface area contributed by atoms with Crippen LogP contribution in [0, 0.1) is 0 Å². The maximum Gasteiger partial charge on any atom is 0.230 e. The van der Waals surface area contributed by atoms with Gasteiger partial charge < -0.3 is 9.88 Å². The van der Waals surface area contributed by atoms with Gasteiger partial charge in [0, 0.05) is 13.0 Å². The molecule has 1 aromatic carbocycles. The van der Waals surface area contributed by atoms with Crippen molar-refractivity contribution in [1.29, 1.82) is 0 Å². The summed E-state index contributed by atoms with van der Waals surface area (Å²) in [6, 6.07) is 9.93. The van der Waals surface area contributed by atoms with Crippen molar-refractivity contribution >= 4 is 17.7 Å². The average Bonchev–Trinajstić information content (AvgIpc) is 2.87. The van der Waals surface area contributed by atoms with Gasteiger partial charge in [0.25, 0.3) is 0 Å². The second-order valence-electron chi connectivity index (χ2n) is 5.54. The van der Waals surface area contributed by atoms with Gasteiger partial charge in [-0.25, -0.2) is 0 Å². The molecule has 22 heavy (non-hydrogen) atoms. The van der Waals surface area contributed by atoms with Crippen LogP contribution in [0.1, 0.15) is 44.1 Å². The summed E-state index contributed by atoms with van der Waals surface area (Å²) in [5, 5.41) is 12.1. The summed E-state index contributed by atoms with van der Waals surface area (Å²) in [6.07, 6.45) is 0. The Morgan fingerprint density at radius 3 is 2.50 bits per heavy atom. The van der Waals surface area contributed by atoms with Gasteiger partial charge in [0.1, 0.15) is 5.82 Å². The second-order valence-corrected chi connectivity index (χ2v) is 6.49. The van der Waals surface area contributed by atoms with Gasteiger partial charge >= 0.3 is 0 Å². The summed E-state index contributed by atoms with van der Waals surface area (Å²) >= 11 is 1.41. The topological polar surface area (TPSA) is 59.8 Å². The van der Waals surface area contributed by atoms with E-state index in [4.69, 9.17) is 0 Å². The van der Waals surface area contributed by atoms with E-state index >= 15 is 0 Å². The highest BCUT2D eigenvalue weighted by atomic mass is 32.2. The molecule has 118 valence electrons. The normalized spacial score (nSPS) is 12.4. The predicted molar refractivity (Wildman–Crippen MR) is 88.8 cm³/mol. The molecule has 0 aliphatic carbocycles. The number of thioether (sulfide) groups is 1. The molecule has 0 radical (unpaired) electrons. The van der Waals surface area contributed by atoms with Crippen LogP contribution in [0.15, 0.2) is 35.5 Å². The summed E-state index contributed by atoms with van der Waals surface area (Å²) in [6.45, 7) is 6.14. The van der Waals surface area contributed by atoms with Gasteiger partial charge in [0.15, 0.2) is 5.16 Å². The van der Waals surface area contributed by atoms with Crippen molar-refractivity contribution in [1.82, 2.24) is 20.1 Å². The van der Waals surface area contributed by atoms with E-state index in [-0.39, 0.29) is 11.9 Å². The number of carbonyl (C=O) groups excluding carboxylic acids is 1. The van der Waals surface area contributed by atoms with Gasteiger partial charge in [0.05, 0.1) is 11.8 Å². The zero-order valence-electron chi connectivity index (χ0n) is 13.4. The second kappa shape index (κ2) is 7.45. The van der Waals surface area contributed by atoms with E-state index in [0.29, 0.717) is 11.7 Å². The van der Waals surface area contributed by atoms with Gasteiger partial charge in [-0.1, -0.05) is 55.9 Å². The van der Waals surface area contributed by atoms with Gasteiger partial charge in [-0.2, -0.15) is 0 Å². The fraction of sp³-hybridized carbons (Fsp3) is 0.438.